The Bertz CT molecular complexity index is 378. The Morgan fingerprint density at radius 2 is 1.90 bits per heavy atom. The van der Waals surface area contributed by atoms with Crippen molar-refractivity contribution < 1.29 is 9.53 Å². The molecule has 0 aliphatic carbocycles. The third-order valence-corrected chi connectivity index (χ3v) is 2.47. The minimum Gasteiger partial charge on any atom is -0.495 e. The van der Waals surface area contributed by atoms with Crippen molar-refractivity contribution in [1.82, 2.24) is 10.6 Å². The summed E-state index contributed by atoms with van der Waals surface area (Å²) in [6, 6.07) is 7.53. The first kappa shape index (κ1) is 21.1. The van der Waals surface area contributed by atoms with Gasteiger partial charge in [0.05, 0.1) is 19.3 Å². The lowest BCUT2D eigenvalue weighted by Crippen LogP contribution is -2.31. The van der Waals surface area contributed by atoms with Gasteiger partial charge in [0.1, 0.15) is 5.75 Å². The van der Waals surface area contributed by atoms with Crippen LogP contribution in [0, 0.1) is 0 Å². The van der Waals surface area contributed by atoms with E-state index in [9.17, 15) is 4.79 Å². The second kappa shape index (κ2) is 12.8. The van der Waals surface area contributed by atoms with Crippen LogP contribution in [-0.2, 0) is 4.79 Å². The van der Waals surface area contributed by atoms with Crippen molar-refractivity contribution in [3.05, 3.63) is 24.3 Å². The molecule has 0 radical (unpaired) electrons. The second-order valence-electron chi connectivity index (χ2n) is 3.86. The Hall–Kier alpha value is -1.17. The molecule has 7 heteroatoms. The molecule has 0 heterocycles. The van der Waals surface area contributed by atoms with Crippen LogP contribution in [-0.4, -0.2) is 39.7 Å². The fraction of sp³-hybridized carbons (Fsp3) is 0.462. The van der Waals surface area contributed by atoms with Gasteiger partial charge in [-0.2, -0.15) is 0 Å². The Morgan fingerprint density at radius 3 is 2.55 bits per heavy atom. The van der Waals surface area contributed by atoms with E-state index < -0.39 is 0 Å². The third-order valence-electron chi connectivity index (χ3n) is 2.47. The van der Waals surface area contributed by atoms with Gasteiger partial charge in [-0.15, -0.1) is 24.8 Å². The maximum absolute atomic E-state index is 11.5. The fourth-order valence-corrected chi connectivity index (χ4v) is 1.52. The number of nitrogens with one attached hydrogen (secondary N) is 3. The van der Waals surface area contributed by atoms with E-state index in [1.165, 1.54) is 0 Å². The Morgan fingerprint density at radius 1 is 1.20 bits per heavy atom. The van der Waals surface area contributed by atoms with E-state index in [1.54, 1.807) is 7.11 Å². The summed E-state index contributed by atoms with van der Waals surface area (Å²) in [4.78, 5) is 11.5. The Balaban J connectivity index is 0. The molecule has 5 nitrogen and oxygen atoms in total. The lowest BCUT2D eigenvalue weighted by atomic mass is 10.3. The molecule has 0 saturated heterocycles. The van der Waals surface area contributed by atoms with Crippen molar-refractivity contribution in [3.63, 3.8) is 0 Å². The molecule has 1 rings (SSSR count). The van der Waals surface area contributed by atoms with Gasteiger partial charge in [0.15, 0.2) is 0 Å². The minimum atomic E-state index is -0.0167. The van der Waals surface area contributed by atoms with Crippen molar-refractivity contribution in [2.75, 3.05) is 39.1 Å². The molecule has 0 saturated carbocycles. The highest BCUT2D eigenvalue weighted by Gasteiger charge is 2.03. The molecule has 20 heavy (non-hydrogen) atoms. The first-order chi connectivity index (χ1) is 8.77. The number of para-hydroxylation sites is 2. The smallest absolute Gasteiger partial charge is 0.239 e. The van der Waals surface area contributed by atoms with Crippen LogP contribution in [0.25, 0.3) is 0 Å². The average molecular weight is 324 g/mol. The van der Waals surface area contributed by atoms with Gasteiger partial charge in [-0.1, -0.05) is 12.1 Å². The summed E-state index contributed by atoms with van der Waals surface area (Å²) in [5.74, 6) is 0.720. The van der Waals surface area contributed by atoms with E-state index >= 15 is 0 Å². The summed E-state index contributed by atoms with van der Waals surface area (Å²) in [7, 11) is 3.50. The summed E-state index contributed by atoms with van der Waals surface area (Å²) < 4.78 is 5.19. The fourth-order valence-electron chi connectivity index (χ4n) is 1.52. The number of hydrogen-bond donors (Lipinski definition) is 3. The lowest BCUT2D eigenvalue weighted by Gasteiger charge is -2.10. The summed E-state index contributed by atoms with van der Waals surface area (Å²) in [5, 5.41) is 8.93. The van der Waals surface area contributed by atoms with E-state index in [1.807, 2.05) is 31.3 Å². The van der Waals surface area contributed by atoms with Gasteiger partial charge >= 0.3 is 0 Å². The van der Waals surface area contributed by atoms with Crippen molar-refractivity contribution >= 4 is 36.4 Å². The average Bonchev–Trinajstić information content (AvgIpc) is 2.41. The van der Waals surface area contributed by atoms with E-state index in [2.05, 4.69) is 16.0 Å². The molecule has 1 aromatic carbocycles. The minimum absolute atomic E-state index is 0. The van der Waals surface area contributed by atoms with Crippen LogP contribution in [0.2, 0.25) is 0 Å². The van der Waals surface area contributed by atoms with Crippen molar-refractivity contribution in [2.45, 2.75) is 6.42 Å². The van der Waals surface area contributed by atoms with Crippen LogP contribution in [0.3, 0.4) is 0 Å². The van der Waals surface area contributed by atoms with Crippen LogP contribution < -0.4 is 20.7 Å². The van der Waals surface area contributed by atoms with Crippen LogP contribution in [0.5, 0.6) is 5.75 Å². The van der Waals surface area contributed by atoms with Gasteiger partial charge in [-0.25, -0.2) is 0 Å². The number of rotatable bonds is 8. The monoisotopic (exact) mass is 323 g/mol. The van der Waals surface area contributed by atoms with Gasteiger partial charge in [0.25, 0.3) is 0 Å². The number of anilines is 1. The highest BCUT2D eigenvalue weighted by atomic mass is 35.5. The second-order valence-corrected chi connectivity index (χ2v) is 3.86. The number of amides is 1. The molecule has 0 fully saturated rings. The quantitative estimate of drug-likeness (QED) is 0.637. The van der Waals surface area contributed by atoms with E-state index in [-0.39, 0.29) is 37.3 Å². The molecular weight excluding hydrogens is 301 g/mol. The molecule has 3 N–H and O–H groups in total. The molecule has 1 amide bonds. The number of benzene rings is 1. The van der Waals surface area contributed by atoms with E-state index in [0.29, 0.717) is 6.54 Å². The number of carbonyl (C=O) groups is 1. The van der Waals surface area contributed by atoms with E-state index in [0.717, 1.165) is 24.4 Å². The third kappa shape index (κ3) is 8.09. The SMILES string of the molecule is CNCCCNC(=O)CNc1ccccc1OC.Cl.Cl. The highest BCUT2D eigenvalue weighted by Crippen LogP contribution is 2.22. The van der Waals surface area contributed by atoms with Gasteiger partial charge in [0.2, 0.25) is 5.91 Å². The first-order valence-corrected chi connectivity index (χ1v) is 6.06. The summed E-state index contributed by atoms with van der Waals surface area (Å²) in [6.45, 7) is 1.84. The standard InChI is InChI=1S/C13H21N3O2.2ClH/c1-14-8-5-9-15-13(17)10-16-11-6-3-4-7-12(11)18-2;;/h3-4,6-7,14,16H,5,8-10H2,1-2H3,(H,15,17);2*1H. The zero-order chi connectivity index (χ0) is 13.2. The molecule has 0 aliphatic rings. The predicted octanol–water partition coefficient (Wildman–Crippen LogP) is 1.68. The summed E-state index contributed by atoms with van der Waals surface area (Å²) in [5.41, 5.74) is 0.824. The van der Waals surface area contributed by atoms with Gasteiger partial charge < -0.3 is 20.7 Å². The molecule has 0 aliphatic heterocycles. The van der Waals surface area contributed by atoms with Crippen molar-refractivity contribution in [3.8, 4) is 5.75 Å². The maximum Gasteiger partial charge on any atom is 0.239 e. The van der Waals surface area contributed by atoms with Crippen molar-refractivity contribution in [2.24, 2.45) is 0 Å². The molecule has 0 atom stereocenters. The molecule has 1 aromatic rings. The zero-order valence-corrected chi connectivity index (χ0v) is 13.4. The molecule has 0 unspecified atom stereocenters. The lowest BCUT2D eigenvalue weighted by molar-refractivity contribution is -0.119. The van der Waals surface area contributed by atoms with Gasteiger partial charge in [-0.05, 0) is 32.1 Å². The number of halogens is 2. The molecule has 0 bridgehead atoms. The predicted molar refractivity (Wildman–Crippen MR) is 87.5 cm³/mol. The summed E-state index contributed by atoms with van der Waals surface area (Å²) in [6.07, 6.45) is 0.927. The first-order valence-electron chi connectivity index (χ1n) is 6.06. The Kier molecular flexibility index (Phi) is 13.6. The van der Waals surface area contributed by atoms with Crippen LogP contribution in [0.15, 0.2) is 24.3 Å². The molecular formula is C13H23Cl2N3O2. The highest BCUT2D eigenvalue weighted by molar-refractivity contribution is 5.85. The number of methoxy groups -OCH3 is 1. The normalized spacial score (nSPS) is 8.90. The number of hydrogen-bond acceptors (Lipinski definition) is 4. The molecule has 116 valence electrons. The van der Waals surface area contributed by atoms with Crippen molar-refractivity contribution in [1.29, 1.82) is 0 Å². The molecule has 0 aromatic heterocycles. The number of ether oxygens (including phenoxy) is 1. The zero-order valence-electron chi connectivity index (χ0n) is 11.8. The summed E-state index contributed by atoms with van der Waals surface area (Å²) >= 11 is 0. The topological polar surface area (TPSA) is 62.4 Å². The van der Waals surface area contributed by atoms with E-state index in [4.69, 9.17) is 4.74 Å². The number of carbonyl (C=O) groups excluding carboxylic acids is 1. The van der Waals surface area contributed by atoms with Gasteiger partial charge in [-0.3, -0.25) is 4.79 Å². The largest absolute Gasteiger partial charge is 0.495 e. The van der Waals surface area contributed by atoms with Gasteiger partial charge in [0, 0.05) is 6.54 Å². The van der Waals surface area contributed by atoms with Crippen LogP contribution in [0.1, 0.15) is 6.42 Å². The van der Waals surface area contributed by atoms with Crippen LogP contribution in [0.4, 0.5) is 5.69 Å². The Labute approximate surface area is 132 Å². The molecule has 0 spiro atoms. The van der Waals surface area contributed by atoms with Crippen LogP contribution >= 0.6 is 24.8 Å². The maximum atomic E-state index is 11.5.